The molecule has 0 unspecified atom stereocenters. The van der Waals surface area contributed by atoms with Crippen LogP contribution in [0.3, 0.4) is 0 Å². The second-order valence-corrected chi connectivity index (χ2v) is 5.49. The topological polar surface area (TPSA) is 0 Å². The Morgan fingerprint density at radius 2 is 1.56 bits per heavy atom. The van der Waals surface area contributed by atoms with Crippen LogP contribution in [0, 0.1) is 6.92 Å². The molecule has 0 bridgehead atoms. The highest BCUT2D eigenvalue weighted by molar-refractivity contribution is 5.41. The van der Waals surface area contributed by atoms with E-state index >= 15 is 0 Å². The molecule has 0 saturated carbocycles. The maximum atomic E-state index is 2.36. The van der Waals surface area contributed by atoms with Gasteiger partial charge in [0, 0.05) is 5.41 Å². The predicted octanol–water partition coefficient (Wildman–Crippen LogP) is 4.88. The van der Waals surface area contributed by atoms with E-state index < -0.39 is 0 Å². The van der Waals surface area contributed by atoms with E-state index in [1.54, 1.807) is 0 Å². The molecule has 0 spiro atoms. The lowest BCUT2D eigenvalue weighted by atomic mass is 9.77. The third-order valence-corrected chi connectivity index (χ3v) is 3.95. The average molecular weight is 238 g/mol. The fraction of sp³-hybridized carbons (Fsp3) is 0.333. The van der Waals surface area contributed by atoms with E-state index in [1.165, 1.54) is 22.3 Å². The van der Waals surface area contributed by atoms with Crippen LogP contribution in [0.2, 0.25) is 0 Å². The fourth-order valence-electron chi connectivity index (χ4n) is 2.46. The largest absolute Gasteiger partial charge is 0.0622 e. The van der Waals surface area contributed by atoms with E-state index in [4.69, 9.17) is 0 Å². The summed E-state index contributed by atoms with van der Waals surface area (Å²) in [7, 11) is 0. The highest BCUT2D eigenvalue weighted by atomic mass is 14.3. The van der Waals surface area contributed by atoms with Crippen molar-refractivity contribution in [3.8, 4) is 0 Å². The van der Waals surface area contributed by atoms with Crippen molar-refractivity contribution in [3.63, 3.8) is 0 Å². The highest BCUT2D eigenvalue weighted by Crippen LogP contribution is 2.32. The van der Waals surface area contributed by atoms with E-state index in [9.17, 15) is 0 Å². The minimum Gasteiger partial charge on any atom is -0.0622 e. The molecule has 18 heavy (non-hydrogen) atoms. The molecule has 0 N–H and O–H groups in total. The molecule has 0 nitrogen and oxygen atoms in total. The summed E-state index contributed by atoms with van der Waals surface area (Å²) in [4.78, 5) is 0. The van der Waals surface area contributed by atoms with Gasteiger partial charge in [-0.15, -0.1) is 0 Å². The average Bonchev–Trinajstić information content (AvgIpc) is 2.40. The minimum absolute atomic E-state index is 0.0683. The molecule has 0 aliphatic rings. The van der Waals surface area contributed by atoms with Crippen LogP contribution in [-0.4, -0.2) is 0 Å². The van der Waals surface area contributed by atoms with Crippen LogP contribution in [0.4, 0.5) is 0 Å². The summed E-state index contributed by atoms with van der Waals surface area (Å²) in [5, 5.41) is 0. The van der Waals surface area contributed by atoms with Crippen molar-refractivity contribution < 1.29 is 0 Å². The Labute approximate surface area is 111 Å². The quantitative estimate of drug-likeness (QED) is 0.714. The molecule has 0 radical (unpaired) electrons. The summed E-state index contributed by atoms with van der Waals surface area (Å²) in [6, 6.07) is 17.6. The zero-order valence-electron chi connectivity index (χ0n) is 11.8. The van der Waals surface area contributed by atoms with Gasteiger partial charge in [-0.2, -0.15) is 0 Å². The first kappa shape index (κ1) is 12.9. The van der Waals surface area contributed by atoms with Gasteiger partial charge in [0.05, 0.1) is 0 Å². The summed E-state index contributed by atoms with van der Waals surface area (Å²) in [5.74, 6) is 0. The lowest BCUT2D eigenvalue weighted by molar-refractivity contribution is 0.639. The van der Waals surface area contributed by atoms with E-state index in [-0.39, 0.29) is 5.41 Å². The molecular weight excluding hydrogens is 216 g/mol. The molecule has 0 fully saturated rings. The van der Waals surface area contributed by atoms with Crippen LogP contribution >= 0.6 is 0 Å². The van der Waals surface area contributed by atoms with Gasteiger partial charge in [0.2, 0.25) is 0 Å². The zero-order valence-corrected chi connectivity index (χ0v) is 11.8. The Morgan fingerprint density at radius 1 is 0.889 bits per heavy atom. The summed E-state index contributed by atoms with van der Waals surface area (Å²) in [5.41, 5.74) is 5.69. The van der Waals surface area contributed by atoms with Crippen LogP contribution in [0.1, 0.15) is 43.0 Å². The van der Waals surface area contributed by atoms with Crippen LogP contribution in [0.5, 0.6) is 0 Å². The summed E-state index contributed by atoms with van der Waals surface area (Å²) >= 11 is 0. The molecule has 0 saturated heterocycles. The molecule has 0 aliphatic carbocycles. The van der Waals surface area contributed by atoms with Crippen molar-refractivity contribution in [2.45, 2.75) is 39.5 Å². The maximum Gasteiger partial charge on any atom is 0.0146 e. The van der Waals surface area contributed by atoms with Gasteiger partial charge in [-0.05, 0) is 35.6 Å². The third-order valence-electron chi connectivity index (χ3n) is 3.95. The first-order chi connectivity index (χ1) is 8.55. The van der Waals surface area contributed by atoms with Crippen LogP contribution < -0.4 is 0 Å². The van der Waals surface area contributed by atoms with E-state index in [1.807, 2.05) is 0 Å². The Morgan fingerprint density at radius 3 is 2.17 bits per heavy atom. The second kappa shape index (κ2) is 4.97. The summed E-state index contributed by atoms with van der Waals surface area (Å²) in [6.45, 7) is 9.01. The standard InChI is InChI=1S/C18H22/c1-5-15-13-17(12-11-14(15)2)18(3,4)16-9-7-6-8-10-16/h6-13H,5H2,1-4H3. The minimum atomic E-state index is 0.0683. The molecule has 2 rings (SSSR count). The molecule has 2 aromatic carbocycles. The Kier molecular flexibility index (Phi) is 3.56. The van der Waals surface area contributed by atoms with Gasteiger partial charge in [0.1, 0.15) is 0 Å². The lowest BCUT2D eigenvalue weighted by Crippen LogP contribution is -2.19. The van der Waals surface area contributed by atoms with E-state index in [0.717, 1.165) is 6.42 Å². The Bertz CT molecular complexity index is 521. The van der Waals surface area contributed by atoms with Gasteiger partial charge in [-0.3, -0.25) is 0 Å². The van der Waals surface area contributed by atoms with Crippen LogP contribution in [-0.2, 0) is 11.8 Å². The second-order valence-electron chi connectivity index (χ2n) is 5.49. The monoisotopic (exact) mass is 238 g/mol. The van der Waals surface area contributed by atoms with Crippen LogP contribution in [0.25, 0.3) is 0 Å². The SMILES string of the molecule is CCc1cc(C(C)(C)c2ccccc2)ccc1C. The first-order valence-electron chi connectivity index (χ1n) is 6.71. The van der Waals surface area contributed by atoms with E-state index in [2.05, 4.69) is 76.2 Å². The molecule has 0 amide bonds. The van der Waals surface area contributed by atoms with Crippen molar-refractivity contribution in [1.29, 1.82) is 0 Å². The normalized spacial score (nSPS) is 11.6. The first-order valence-corrected chi connectivity index (χ1v) is 6.71. The molecule has 0 aliphatic heterocycles. The van der Waals surface area contributed by atoms with Gasteiger partial charge < -0.3 is 0 Å². The number of aryl methyl sites for hydroxylation is 2. The predicted molar refractivity (Wildman–Crippen MR) is 79.1 cm³/mol. The number of hydrogen-bond donors (Lipinski definition) is 0. The maximum absolute atomic E-state index is 2.36. The fourth-order valence-corrected chi connectivity index (χ4v) is 2.46. The smallest absolute Gasteiger partial charge is 0.0146 e. The van der Waals surface area contributed by atoms with Crippen molar-refractivity contribution in [1.82, 2.24) is 0 Å². The van der Waals surface area contributed by atoms with Crippen molar-refractivity contribution in [2.75, 3.05) is 0 Å². The zero-order chi connectivity index (χ0) is 13.2. The van der Waals surface area contributed by atoms with Gasteiger partial charge >= 0.3 is 0 Å². The van der Waals surface area contributed by atoms with Gasteiger partial charge in [-0.1, -0.05) is 69.3 Å². The van der Waals surface area contributed by atoms with Gasteiger partial charge in [-0.25, -0.2) is 0 Å². The summed E-state index contributed by atoms with van der Waals surface area (Å²) < 4.78 is 0. The number of benzene rings is 2. The Balaban J connectivity index is 2.47. The lowest BCUT2D eigenvalue weighted by Gasteiger charge is -2.27. The van der Waals surface area contributed by atoms with Crippen molar-refractivity contribution in [2.24, 2.45) is 0 Å². The molecule has 94 valence electrons. The van der Waals surface area contributed by atoms with Crippen molar-refractivity contribution >= 4 is 0 Å². The molecule has 0 heteroatoms. The van der Waals surface area contributed by atoms with Gasteiger partial charge in [0.15, 0.2) is 0 Å². The number of hydrogen-bond acceptors (Lipinski definition) is 0. The molecule has 0 atom stereocenters. The van der Waals surface area contributed by atoms with Crippen LogP contribution in [0.15, 0.2) is 48.5 Å². The third kappa shape index (κ3) is 2.33. The Hall–Kier alpha value is -1.56. The van der Waals surface area contributed by atoms with Gasteiger partial charge in [0.25, 0.3) is 0 Å². The number of rotatable bonds is 3. The highest BCUT2D eigenvalue weighted by Gasteiger charge is 2.23. The molecule has 0 heterocycles. The summed E-state index contributed by atoms with van der Waals surface area (Å²) in [6.07, 6.45) is 1.10. The molecule has 0 aromatic heterocycles. The molecule has 2 aromatic rings. The van der Waals surface area contributed by atoms with Crippen molar-refractivity contribution in [3.05, 3.63) is 70.8 Å². The van der Waals surface area contributed by atoms with E-state index in [0.29, 0.717) is 0 Å². The molecular formula is C18H22.